The number of halogens is 1. The van der Waals surface area contributed by atoms with E-state index in [1.165, 1.54) is 11.3 Å². The van der Waals surface area contributed by atoms with E-state index in [9.17, 15) is 5.11 Å². The van der Waals surface area contributed by atoms with Gasteiger partial charge in [-0.25, -0.2) is 0 Å². The molecule has 0 fully saturated rings. The molecule has 1 aromatic heterocycles. The van der Waals surface area contributed by atoms with Gasteiger partial charge >= 0.3 is 0 Å². The van der Waals surface area contributed by atoms with Crippen LogP contribution in [0.4, 0.5) is 0 Å². The van der Waals surface area contributed by atoms with Crippen LogP contribution in [-0.4, -0.2) is 11.1 Å². The van der Waals surface area contributed by atoms with Gasteiger partial charge in [-0.2, -0.15) is 0 Å². The first-order valence-electron chi connectivity index (χ1n) is 5.39. The van der Waals surface area contributed by atoms with E-state index in [1.54, 1.807) is 0 Å². The van der Waals surface area contributed by atoms with Gasteiger partial charge in [0.05, 0.1) is 0 Å². The molecule has 0 aliphatic heterocycles. The molecule has 2 aromatic rings. The Hall–Kier alpha value is -0.680. The fraction of sp³-hybridized carbons (Fsp3) is 0.231. The van der Waals surface area contributed by atoms with E-state index < -0.39 is 6.10 Å². The highest BCUT2D eigenvalue weighted by atomic mass is 79.9. The average molecular weight is 312 g/mol. The third-order valence-corrected chi connectivity index (χ3v) is 4.57. The summed E-state index contributed by atoms with van der Waals surface area (Å²) in [5.41, 5.74) is 7.19. The van der Waals surface area contributed by atoms with E-state index in [0.717, 1.165) is 14.9 Å². The van der Waals surface area contributed by atoms with Crippen molar-refractivity contribution >= 4 is 27.3 Å². The SMILES string of the molecule is NC(Cc1ccccc1)C(O)c1sccc1Br. The Morgan fingerprint density at radius 3 is 2.53 bits per heavy atom. The first kappa shape index (κ1) is 12.8. The van der Waals surface area contributed by atoms with Gasteiger partial charge in [0.25, 0.3) is 0 Å². The number of benzene rings is 1. The van der Waals surface area contributed by atoms with Gasteiger partial charge in [0.1, 0.15) is 6.10 Å². The molecule has 0 spiro atoms. The Bertz CT molecular complexity index is 471. The second-order valence-corrected chi connectivity index (χ2v) is 5.73. The maximum absolute atomic E-state index is 10.2. The van der Waals surface area contributed by atoms with Gasteiger partial charge in [0.15, 0.2) is 0 Å². The number of aliphatic hydroxyl groups excluding tert-OH is 1. The topological polar surface area (TPSA) is 46.2 Å². The third-order valence-electron chi connectivity index (χ3n) is 2.63. The minimum Gasteiger partial charge on any atom is -0.386 e. The van der Waals surface area contributed by atoms with Crippen LogP contribution >= 0.6 is 27.3 Å². The van der Waals surface area contributed by atoms with Crippen LogP contribution in [0.15, 0.2) is 46.3 Å². The molecule has 1 aromatic carbocycles. The molecule has 2 nitrogen and oxygen atoms in total. The van der Waals surface area contributed by atoms with Crippen LogP contribution in [0.3, 0.4) is 0 Å². The van der Waals surface area contributed by atoms with Crippen molar-refractivity contribution in [2.45, 2.75) is 18.6 Å². The van der Waals surface area contributed by atoms with E-state index in [-0.39, 0.29) is 6.04 Å². The van der Waals surface area contributed by atoms with Crippen LogP contribution < -0.4 is 5.73 Å². The van der Waals surface area contributed by atoms with E-state index in [1.807, 2.05) is 41.8 Å². The van der Waals surface area contributed by atoms with E-state index in [2.05, 4.69) is 15.9 Å². The summed E-state index contributed by atoms with van der Waals surface area (Å²) in [7, 11) is 0. The monoisotopic (exact) mass is 311 g/mol. The molecule has 0 saturated heterocycles. The highest BCUT2D eigenvalue weighted by Crippen LogP contribution is 2.31. The molecule has 4 heteroatoms. The lowest BCUT2D eigenvalue weighted by Crippen LogP contribution is -2.30. The lowest BCUT2D eigenvalue weighted by Gasteiger charge is -2.18. The van der Waals surface area contributed by atoms with Gasteiger partial charge in [0, 0.05) is 15.4 Å². The maximum Gasteiger partial charge on any atom is 0.105 e. The lowest BCUT2D eigenvalue weighted by atomic mass is 10.0. The van der Waals surface area contributed by atoms with Crippen LogP contribution in [0, 0.1) is 0 Å². The Labute approximate surface area is 113 Å². The van der Waals surface area contributed by atoms with Gasteiger partial charge < -0.3 is 10.8 Å². The molecule has 0 aliphatic carbocycles. The van der Waals surface area contributed by atoms with Gasteiger partial charge in [0.2, 0.25) is 0 Å². The second kappa shape index (κ2) is 5.78. The number of hydrogen-bond donors (Lipinski definition) is 2. The molecule has 17 heavy (non-hydrogen) atoms. The standard InChI is InChI=1S/C13H14BrNOS/c14-10-6-7-17-13(10)12(16)11(15)8-9-4-2-1-3-5-9/h1-7,11-12,16H,8,15H2. The molecule has 2 rings (SSSR count). The molecule has 0 bridgehead atoms. The normalized spacial score (nSPS) is 14.5. The predicted octanol–water partition coefficient (Wildman–Crippen LogP) is 3.11. The molecular weight excluding hydrogens is 298 g/mol. The lowest BCUT2D eigenvalue weighted by molar-refractivity contribution is 0.149. The van der Waals surface area contributed by atoms with Crippen molar-refractivity contribution in [3.8, 4) is 0 Å². The number of hydrogen-bond acceptors (Lipinski definition) is 3. The van der Waals surface area contributed by atoms with Crippen LogP contribution in [-0.2, 0) is 6.42 Å². The Balaban J connectivity index is 2.06. The minimum atomic E-state index is -0.621. The summed E-state index contributed by atoms with van der Waals surface area (Å²) in [6.45, 7) is 0. The maximum atomic E-state index is 10.2. The fourth-order valence-corrected chi connectivity index (χ4v) is 3.38. The molecule has 3 N–H and O–H groups in total. The van der Waals surface area contributed by atoms with Gasteiger partial charge in [-0.15, -0.1) is 11.3 Å². The molecular formula is C13H14BrNOS. The summed E-state index contributed by atoms with van der Waals surface area (Å²) in [5.74, 6) is 0. The van der Waals surface area contributed by atoms with E-state index >= 15 is 0 Å². The summed E-state index contributed by atoms with van der Waals surface area (Å²) in [6.07, 6.45) is 0.0522. The molecule has 0 aliphatic rings. The average Bonchev–Trinajstić information content (AvgIpc) is 2.76. The van der Waals surface area contributed by atoms with Gasteiger partial charge in [-0.1, -0.05) is 30.3 Å². The molecule has 2 unspecified atom stereocenters. The van der Waals surface area contributed by atoms with Crippen LogP contribution in [0.1, 0.15) is 16.5 Å². The van der Waals surface area contributed by atoms with Gasteiger partial charge in [-0.3, -0.25) is 0 Å². The zero-order chi connectivity index (χ0) is 12.3. The Morgan fingerprint density at radius 1 is 1.24 bits per heavy atom. The Morgan fingerprint density at radius 2 is 1.94 bits per heavy atom. The Kier molecular flexibility index (Phi) is 4.34. The first-order valence-corrected chi connectivity index (χ1v) is 7.06. The number of thiophene rings is 1. The van der Waals surface area contributed by atoms with E-state index in [4.69, 9.17) is 5.73 Å². The second-order valence-electron chi connectivity index (χ2n) is 3.93. The van der Waals surface area contributed by atoms with Crippen LogP contribution in [0.5, 0.6) is 0 Å². The molecule has 1 heterocycles. The predicted molar refractivity (Wildman–Crippen MR) is 75.1 cm³/mol. The summed E-state index contributed by atoms with van der Waals surface area (Å²) < 4.78 is 0.929. The summed E-state index contributed by atoms with van der Waals surface area (Å²) in [5, 5.41) is 12.1. The van der Waals surface area contributed by atoms with Crippen molar-refractivity contribution in [1.29, 1.82) is 0 Å². The molecule has 90 valence electrons. The zero-order valence-electron chi connectivity index (χ0n) is 9.21. The van der Waals surface area contributed by atoms with Crippen molar-refractivity contribution in [2.75, 3.05) is 0 Å². The van der Waals surface area contributed by atoms with Crippen molar-refractivity contribution in [3.63, 3.8) is 0 Å². The number of aliphatic hydroxyl groups is 1. The number of rotatable bonds is 4. The molecule has 0 saturated carbocycles. The van der Waals surface area contributed by atoms with Crippen LogP contribution in [0.25, 0.3) is 0 Å². The van der Waals surface area contributed by atoms with Crippen molar-refractivity contribution in [1.82, 2.24) is 0 Å². The third kappa shape index (κ3) is 3.16. The minimum absolute atomic E-state index is 0.285. The molecule has 0 amide bonds. The summed E-state index contributed by atoms with van der Waals surface area (Å²) in [4.78, 5) is 0.897. The smallest absolute Gasteiger partial charge is 0.105 e. The summed E-state index contributed by atoms with van der Waals surface area (Å²) >= 11 is 4.94. The quantitative estimate of drug-likeness (QED) is 0.911. The molecule has 2 atom stereocenters. The van der Waals surface area contributed by atoms with Crippen molar-refractivity contribution in [2.24, 2.45) is 5.73 Å². The summed E-state index contributed by atoms with van der Waals surface area (Å²) in [6, 6.07) is 11.6. The van der Waals surface area contributed by atoms with E-state index in [0.29, 0.717) is 6.42 Å². The highest BCUT2D eigenvalue weighted by molar-refractivity contribution is 9.10. The fourth-order valence-electron chi connectivity index (χ4n) is 1.71. The van der Waals surface area contributed by atoms with Crippen molar-refractivity contribution < 1.29 is 5.11 Å². The first-order chi connectivity index (χ1) is 8.18. The molecule has 0 radical (unpaired) electrons. The number of nitrogens with two attached hydrogens (primary N) is 1. The van der Waals surface area contributed by atoms with Gasteiger partial charge in [-0.05, 0) is 39.4 Å². The van der Waals surface area contributed by atoms with Crippen molar-refractivity contribution in [3.05, 3.63) is 56.7 Å². The highest BCUT2D eigenvalue weighted by Gasteiger charge is 2.20. The zero-order valence-corrected chi connectivity index (χ0v) is 11.6. The van der Waals surface area contributed by atoms with Crippen LogP contribution in [0.2, 0.25) is 0 Å². The largest absolute Gasteiger partial charge is 0.386 e.